The summed E-state index contributed by atoms with van der Waals surface area (Å²) in [7, 11) is 0. The third-order valence-electron chi connectivity index (χ3n) is 4.83. The number of hydrogen-bond acceptors (Lipinski definition) is 8. The number of aromatic nitrogens is 4. The van der Waals surface area contributed by atoms with E-state index in [-0.39, 0.29) is 5.78 Å². The number of anilines is 4. The topological polar surface area (TPSA) is 87.1 Å². The summed E-state index contributed by atoms with van der Waals surface area (Å²) >= 11 is 0. The van der Waals surface area contributed by atoms with Crippen LogP contribution in [0.5, 0.6) is 0 Å². The number of piperazine rings is 1. The third kappa shape index (κ3) is 4.48. The van der Waals surface area contributed by atoms with Gasteiger partial charge < -0.3 is 15.1 Å². The van der Waals surface area contributed by atoms with Gasteiger partial charge in [-0.15, -0.1) is 0 Å². The van der Waals surface area contributed by atoms with Gasteiger partial charge in [-0.3, -0.25) is 4.79 Å². The molecular formula is C21H23N7O. The molecule has 1 saturated heterocycles. The quantitative estimate of drug-likeness (QED) is 0.667. The average molecular weight is 389 g/mol. The van der Waals surface area contributed by atoms with Crippen LogP contribution in [0.2, 0.25) is 0 Å². The van der Waals surface area contributed by atoms with Gasteiger partial charge >= 0.3 is 0 Å². The molecule has 0 spiro atoms. The molecule has 0 unspecified atom stereocenters. The summed E-state index contributed by atoms with van der Waals surface area (Å²) in [5.41, 5.74) is 1.57. The summed E-state index contributed by atoms with van der Waals surface area (Å²) in [6.07, 6.45) is 3.53. The Kier molecular flexibility index (Phi) is 5.33. The zero-order chi connectivity index (χ0) is 20.2. The molecule has 0 bridgehead atoms. The van der Waals surface area contributed by atoms with Crippen molar-refractivity contribution >= 4 is 29.1 Å². The number of carbonyl (C=O) groups is 1. The maximum atomic E-state index is 11.4. The van der Waals surface area contributed by atoms with E-state index in [1.807, 2.05) is 43.3 Å². The first-order chi connectivity index (χ1) is 14.1. The van der Waals surface area contributed by atoms with Gasteiger partial charge in [0.2, 0.25) is 5.95 Å². The number of Topliss-reactive ketones (excluding diaryl/α,β-unsaturated/α-hetero) is 1. The monoisotopic (exact) mass is 389 g/mol. The van der Waals surface area contributed by atoms with E-state index in [0.717, 1.165) is 49.5 Å². The van der Waals surface area contributed by atoms with Crippen LogP contribution in [0.3, 0.4) is 0 Å². The minimum Gasteiger partial charge on any atom is -0.353 e. The first-order valence-electron chi connectivity index (χ1n) is 9.59. The van der Waals surface area contributed by atoms with E-state index < -0.39 is 0 Å². The van der Waals surface area contributed by atoms with Crippen LogP contribution in [-0.2, 0) is 0 Å². The highest BCUT2D eigenvalue weighted by atomic mass is 16.1. The Balaban J connectivity index is 1.45. The number of nitrogens with one attached hydrogen (secondary N) is 1. The van der Waals surface area contributed by atoms with Gasteiger partial charge in [0.25, 0.3) is 0 Å². The highest BCUT2D eigenvalue weighted by Gasteiger charge is 2.20. The molecule has 0 aliphatic carbocycles. The van der Waals surface area contributed by atoms with Crippen LogP contribution in [0.1, 0.15) is 23.1 Å². The highest BCUT2D eigenvalue weighted by Crippen LogP contribution is 2.22. The van der Waals surface area contributed by atoms with Gasteiger partial charge in [-0.05, 0) is 44.2 Å². The molecule has 0 saturated carbocycles. The number of benzene rings is 1. The Hall–Kier alpha value is -3.55. The molecule has 1 aliphatic heterocycles. The maximum absolute atomic E-state index is 11.4. The molecule has 1 aliphatic rings. The molecule has 1 fully saturated rings. The van der Waals surface area contributed by atoms with E-state index in [9.17, 15) is 4.79 Å². The highest BCUT2D eigenvalue weighted by molar-refractivity contribution is 5.94. The Labute approximate surface area is 169 Å². The van der Waals surface area contributed by atoms with Crippen molar-refractivity contribution in [3.63, 3.8) is 0 Å². The number of aryl methyl sites for hydroxylation is 1. The fraction of sp³-hybridized carbons (Fsp3) is 0.286. The maximum Gasteiger partial charge on any atom is 0.225 e. The van der Waals surface area contributed by atoms with Crippen LogP contribution in [0.15, 0.2) is 48.8 Å². The van der Waals surface area contributed by atoms with Crippen molar-refractivity contribution in [3.05, 3.63) is 60.2 Å². The molecule has 0 atom stereocenters. The largest absolute Gasteiger partial charge is 0.353 e. The van der Waals surface area contributed by atoms with E-state index in [1.165, 1.54) is 0 Å². The predicted molar refractivity (Wildman–Crippen MR) is 113 cm³/mol. The first-order valence-corrected chi connectivity index (χ1v) is 9.59. The van der Waals surface area contributed by atoms with E-state index in [4.69, 9.17) is 0 Å². The Bertz CT molecular complexity index is 984. The smallest absolute Gasteiger partial charge is 0.225 e. The van der Waals surface area contributed by atoms with Gasteiger partial charge in [-0.1, -0.05) is 0 Å². The van der Waals surface area contributed by atoms with Crippen molar-refractivity contribution in [3.8, 4) is 0 Å². The van der Waals surface area contributed by atoms with Crippen LogP contribution in [0.25, 0.3) is 0 Å². The Morgan fingerprint density at radius 2 is 1.62 bits per heavy atom. The lowest BCUT2D eigenvalue weighted by molar-refractivity contribution is 0.101. The molecule has 8 nitrogen and oxygen atoms in total. The second-order valence-corrected chi connectivity index (χ2v) is 6.94. The van der Waals surface area contributed by atoms with Crippen molar-refractivity contribution in [2.75, 3.05) is 41.3 Å². The van der Waals surface area contributed by atoms with Crippen molar-refractivity contribution in [2.24, 2.45) is 0 Å². The van der Waals surface area contributed by atoms with Gasteiger partial charge in [0.05, 0.1) is 0 Å². The van der Waals surface area contributed by atoms with Gasteiger partial charge in [-0.25, -0.2) is 19.9 Å². The van der Waals surface area contributed by atoms with Crippen LogP contribution >= 0.6 is 0 Å². The van der Waals surface area contributed by atoms with Crippen molar-refractivity contribution in [1.82, 2.24) is 19.9 Å². The molecule has 2 aromatic heterocycles. The van der Waals surface area contributed by atoms with Crippen molar-refractivity contribution in [2.45, 2.75) is 13.8 Å². The second kappa shape index (κ2) is 8.22. The van der Waals surface area contributed by atoms with Crippen LogP contribution < -0.4 is 15.1 Å². The average Bonchev–Trinajstić information content (AvgIpc) is 2.74. The van der Waals surface area contributed by atoms with E-state index in [2.05, 4.69) is 35.1 Å². The van der Waals surface area contributed by atoms with Crippen molar-refractivity contribution in [1.29, 1.82) is 0 Å². The lowest BCUT2D eigenvalue weighted by Gasteiger charge is -2.35. The summed E-state index contributed by atoms with van der Waals surface area (Å²) in [6, 6.07) is 11.2. The number of hydrogen-bond donors (Lipinski definition) is 1. The lowest BCUT2D eigenvalue weighted by atomic mass is 10.1. The molecule has 1 aromatic carbocycles. The molecule has 1 N–H and O–H groups in total. The molecule has 4 rings (SSSR count). The minimum atomic E-state index is 0.0526. The molecule has 0 amide bonds. The summed E-state index contributed by atoms with van der Waals surface area (Å²) in [5.74, 6) is 3.16. The number of nitrogens with zero attached hydrogens (tertiary/aromatic N) is 6. The fourth-order valence-corrected chi connectivity index (χ4v) is 3.30. The van der Waals surface area contributed by atoms with Gasteiger partial charge in [0.1, 0.15) is 17.5 Å². The van der Waals surface area contributed by atoms with Crippen LogP contribution in [0.4, 0.5) is 23.3 Å². The minimum absolute atomic E-state index is 0.0526. The summed E-state index contributed by atoms with van der Waals surface area (Å²) < 4.78 is 0. The van der Waals surface area contributed by atoms with Crippen LogP contribution in [0, 0.1) is 6.92 Å². The molecule has 8 heteroatoms. The molecule has 0 radical (unpaired) electrons. The number of rotatable bonds is 5. The zero-order valence-corrected chi connectivity index (χ0v) is 16.5. The number of ketones is 1. The number of carbonyl (C=O) groups excluding carboxylic acids is 1. The molecule has 3 heterocycles. The molecule has 3 aromatic rings. The second-order valence-electron chi connectivity index (χ2n) is 6.94. The Morgan fingerprint density at radius 1 is 0.966 bits per heavy atom. The first kappa shape index (κ1) is 18.8. The summed E-state index contributed by atoms with van der Waals surface area (Å²) in [5, 5.41) is 3.31. The zero-order valence-electron chi connectivity index (χ0n) is 16.5. The van der Waals surface area contributed by atoms with Crippen LogP contribution in [-0.4, -0.2) is 51.9 Å². The van der Waals surface area contributed by atoms with Gasteiger partial charge in [0, 0.05) is 55.9 Å². The lowest BCUT2D eigenvalue weighted by Crippen LogP contribution is -2.47. The van der Waals surface area contributed by atoms with Crippen molar-refractivity contribution < 1.29 is 4.79 Å². The summed E-state index contributed by atoms with van der Waals surface area (Å²) in [6.45, 7) is 6.79. The molecule has 148 valence electrons. The van der Waals surface area contributed by atoms with E-state index in [0.29, 0.717) is 11.4 Å². The molecule has 29 heavy (non-hydrogen) atoms. The van der Waals surface area contributed by atoms with Gasteiger partial charge in [0.15, 0.2) is 5.78 Å². The fourth-order valence-electron chi connectivity index (χ4n) is 3.30. The van der Waals surface area contributed by atoms with E-state index >= 15 is 0 Å². The molecular weight excluding hydrogens is 366 g/mol. The predicted octanol–water partition coefficient (Wildman–Crippen LogP) is 2.85. The van der Waals surface area contributed by atoms with E-state index in [1.54, 1.807) is 19.3 Å². The SMILES string of the molecule is CC(=O)c1ccc(Nc2cc(N3CCN(c4ncccn4)CC3)nc(C)n2)cc1. The van der Waals surface area contributed by atoms with Gasteiger partial charge in [-0.2, -0.15) is 0 Å². The third-order valence-corrected chi connectivity index (χ3v) is 4.83. The summed E-state index contributed by atoms with van der Waals surface area (Å²) in [4.78, 5) is 33.6. The normalized spacial score (nSPS) is 14.0. The standard InChI is InChI=1S/C21H23N7O/c1-15(29)17-4-6-18(7-5-17)26-19-14-20(25-16(2)24-19)27-10-12-28(13-11-27)21-22-8-3-9-23-21/h3-9,14H,10-13H2,1-2H3,(H,24,25,26). The Morgan fingerprint density at radius 3 is 2.28 bits per heavy atom.